The van der Waals surface area contributed by atoms with Gasteiger partial charge in [0.1, 0.15) is 0 Å². The van der Waals surface area contributed by atoms with E-state index in [0.717, 1.165) is 13.1 Å². The van der Waals surface area contributed by atoms with Gasteiger partial charge in [0.25, 0.3) is 0 Å². The topological polar surface area (TPSA) is 53.8 Å². The van der Waals surface area contributed by atoms with Gasteiger partial charge in [0.2, 0.25) is 0 Å². The minimum atomic E-state index is 0.145. The molecule has 1 saturated heterocycles. The van der Waals surface area contributed by atoms with Crippen LogP contribution in [0.15, 0.2) is 30.5 Å². The number of aromatic nitrogens is 1. The molecule has 3 nitrogen and oxygen atoms in total. The second-order valence-electron chi connectivity index (χ2n) is 4.57. The number of benzene rings is 1. The molecule has 2 heterocycles. The Morgan fingerprint density at radius 1 is 1.31 bits per heavy atom. The zero-order valence-corrected chi connectivity index (χ0v) is 9.24. The summed E-state index contributed by atoms with van der Waals surface area (Å²) in [4.78, 5) is 3.29. The van der Waals surface area contributed by atoms with Crippen molar-refractivity contribution in [2.45, 2.75) is 12.5 Å². The fraction of sp³-hybridized carbons (Fsp3) is 0.385. The lowest BCUT2D eigenvalue weighted by Gasteiger charge is -2.17. The molecular weight excluding hydrogens is 198 g/mol. The number of fused-ring (bicyclic) bond motifs is 1. The summed E-state index contributed by atoms with van der Waals surface area (Å²) in [6.45, 7) is 2.14. The predicted molar refractivity (Wildman–Crippen MR) is 66.2 cm³/mol. The van der Waals surface area contributed by atoms with E-state index in [0.29, 0.717) is 5.92 Å². The summed E-state index contributed by atoms with van der Waals surface area (Å²) in [6, 6.07) is 8.50. The summed E-state index contributed by atoms with van der Waals surface area (Å²) in [5, 5.41) is 4.64. The summed E-state index contributed by atoms with van der Waals surface area (Å²) in [7, 11) is 0. The summed E-state index contributed by atoms with van der Waals surface area (Å²) in [6.07, 6.45) is 3.24. The SMILES string of the molecule is NC(c1c[nH]c2ccccc12)C1CCNC1. The second kappa shape index (κ2) is 3.92. The van der Waals surface area contributed by atoms with Crippen molar-refractivity contribution >= 4 is 10.9 Å². The Balaban J connectivity index is 1.98. The molecule has 0 saturated carbocycles. The average Bonchev–Trinajstić information content (AvgIpc) is 2.98. The van der Waals surface area contributed by atoms with Crippen LogP contribution in [0.4, 0.5) is 0 Å². The van der Waals surface area contributed by atoms with Gasteiger partial charge in [-0.2, -0.15) is 0 Å². The molecule has 2 atom stereocenters. The van der Waals surface area contributed by atoms with Gasteiger partial charge in [-0.3, -0.25) is 0 Å². The first-order valence-electron chi connectivity index (χ1n) is 5.88. The van der Waals surface area contributed by atoms with Gasteiger partial charge in [-0.05, 0) is 37.1 Å². The summed E-state index contributed by atoms with van der Waals surface area (Å²) >= 11 is 0. The van der Waals surface area contributed by atoms with Gasteiger partial charge in [-0.1, -0.05) is 18.2 Å². The average molecular weight is 215 g/mol. The van der Waals surface area contributed by atoms with Crippen molar-refractivity contribution in [3.8, 4) is 0 Å². The zero-order valence-electron chi connectivity index (χ0n) is 9.24. The Hall–Kier alpha value is -1.32. The zero-order chi connectivity index (χ0) is 11.0. The van der Waals surface area contributed by atoms with E-state index in [4.69, 9.17) is 5.73 Å². The first-order chi connectivity index (χ1) is 7.86. The van der Waals surface area contributed by atoms with Crippen LogP contribution in [-0.4, -0.2) is 18.1 Å². The smallest absolute Gasteiger partial charge is 0.0457 e. The third kappa shape index (κ3) is 1.52. The van der Waals surface area contributed by atoms with E-state index in [1.807, 2.05) is 6.07 Å². The fourth-order valence-electron chi connectivity index (χ4n) is 2.61. The first kappa shape index (κ1) is 9.87. The number of para-hydroxylation sites is 1. The molecule has 4 N–H and O–H groups in total. The van der Waals surface area contributed by atoms with Crippen molar-refractivity contribution in [3.63, 3.8) is 0 Å². The Bertz CT molecular complexity index is 483. The van der Waals surface area contributed by atoms with Gasteiger partial charge in [0.15, 0.2) is 0 Å². The van der Waals surface area contributed by atoms with Crippen LogP contribution in [0.1, 0.15) is 18.0 Å². The van der Waals surface area contributed by atoms with Crippen LogP contribution in [0.5, 0.6) is 0 Å². The lowest BCUT2D eigenvalue weighted by molar-refractivity contribution is 0.472. The van der Waals surface area contributed by atoms with Crippen molar-refractivity contribution in [3.05, 3.63) is 36.0 Å². The lowest BCUT2D eigenvalue weighted by atomic mass is 9.93. The van der Waals surface area contributed by atoms with E-state index in [1.54, 1.807) is 0 Å². The van der Waals surface area contributed by atoms with Crippen molar-refractivity contribution in [1.82, 2.24) is 10.3 Å². The third-order valence-electron chi connectivity index (χ3n) is 3.59. The number of H-pyrrole nitrogens is 1. The number of hydrogen-bond donors (Lipinski definition) is 3. The van der Waals surface area contributed by atoms with Gasteiger partial charge in [-0.15, -0.1) is 0 Å². The quantitative estimate of drug-likeness (QED) is 0.715. The summed E-state index contributed by atoms with van der Waals surface area (Å²) in [5.41, 5.74) is 8.78. The Morgan fingerprint density at radius 3 is 3.00 bits per heavy atom. The molecule has 1 aromatic carbocycles. The second-order valence-corrected chi connectivity index (χ2v) is 4.57. The maximum atomic E-state index is 6.35. The number of nitrogens with two attached hydrogens (primary N) is 1. The highest BCUT2D eigenvalue weighted by Gasteiger charge is 2.24. The van der Waals surface area contributed by atoms with E-state index < -0.39 is 0 Å². The van der Waals surface area contributed by atoms with Gasteiger partial charge < -0.3 is 16.0 Å². The molecule has 1 fully saturated rings. The van der Waals surface area contributed by atoms with Crippen LogP contribution in [0.2, 0.25) is 0 Å². The van der Waals surface area contributed by atoms with Crippen molar-refractivity contribution < 1.29 is 0 Å². The van der Waals surface area contributed by atoms with Crippen LogP contribution in [0, 0.1) is 5.92 Å². The highest BCUT2D eigenvalue weighted by Crippen LogP contribution is 2.29. The van der Waals surface area contributed by atoms with E-state index >= 15 is 0 Å². The fourth-order valence-corrected chi connectivity index (χ4v) is 2.61. The van der Waals surface area contributed by atoms with E-state index in [1.165, 1.54) is 22.9 Å². The Labute approximate surface area is 95.0 Å². The largest absolute Gasteiger partial charge is 0.361 e. The van der Waals surface area contributed by atoms with Gasteiger partial charge >= 0.3 is 0 Å². The van der Waals surface area contributed by atoms with Crippen LogP contribution in [-0.2, 0) is 0 Å². The summed E-state index contributed by atoms with van der Waals surface area (Å²) in [5.74, 6) is 0.569. The number of hydrogen-bond acceptors (Lipinski definition) is 2. The molecule has 1 aliphatic rings. The van der Waals surface area contributed by atoms with Crippen LogP contribution in [0.25, 0.3) is 10.9 Å². The number of aromatic amines is 1. The molecule has 2 unspecified atom stereocenters. The molecule has 1 aromatic heterocycles. The third-order valence-corrected chi connectivity index (χ3v) is 3.59. The standard InChI is InChI=1S/C13H17N3/c14-13(9-5-6-15-7-9)11-8-16-12-4-2-1-3-10(11)12/h1-4,8-9,13,15-16H,5-7,14H2. The minimum Gasteiger partial charge on any atom is -0.361 e. The molecule has 0 spiro atoms. The molecule has 0 aliphatic carbocycles. The number of rotatable bonds is 2. The number of nitrogens with one attached hydrogen (secondary N) is 2. The van der Waals surface area contributed by atoms with Crippen molar-refractivity contribution in [2.24, 2.45) is 11.7 Å². The first-order valence-corrected chi connectivity index (χ1v) is 5.88. The van der Waals surface area contributed by atoms with Crippen LogP contribution in [0.3, 0.4) is 0 Å². The van der Waals surface area contributed by atoms with Gasteiger partial charge in [0, 0.05) is 23.1 Å². The molecule has 84 valence electrons. The molecule has 0 bridgehead atoms. The molecule has 16 heavy (non-hydrogen) atoms. The molecule has 1 aliphatic heterocycles. The highest BCUT2D eigenvalue weighted by molar-refractivity contribution is 5.83. The van der Waals surface area contributed by atoms with Crippen molar-refractivity contribution in [1.29, 1.82) is 0 Å². The Kier molecular flexibility index (Phi) is 2.42. The van der Waals surface area contributed by atoms with E-state index in [2.05, 4.69) is 34.7 Å². The molecule has 3 rings (SSSR count). The maximum Gasteiger partial charge on any atom is 0.0457 e. The highest BCUT2D eigenvalue weighted by atomic mass is 14.9. The lowest BCUT2D eigenvalue weighted by Crippen LogP contribution is -2.23. The molecular formula is C13H17N3. The van der Waals surface area contributed by atoms with E-state index in [-0.39, 0.29) is 6.04 Å². The molecule has 2 aromatic rings. The normalized spacial score (nSPS) is 22.7. The van der Waals surface area contributed by atoms with Crippen molar-refractivity contribution in [2.75, 3.05) is 13.1 Å². The van der Waals surface area contributed by atoms with Gasteiger partial charge in [-0.25, -0.2) is 0 Å². The molecule has 3 heteroatoms. The van der Waals surface area contributed by atoms with Gasteiger partial charge in [0.05, 0.1) is 0 Å². The predicted octanol–water partition coefficient (Wildman–Crippen LogP) is 1.78. The monoisotopic (exact) mass is 215 g/mol. The van der Waals surface area contributed by atoms with E-state index in [9.17, 15) is 0 Å². The Morgan fingerprint density at radius 2 is 2.19 bits per heavy atom. The molecule has 0 radical (unpaired) electrons. The summed E-state index contributed by atoms with van der Waals surface area (Å²) < 4.78 is 0. The maximum absolute atomic E-state index is 6.35. The molecule has 0 amide bonds. The van der Waals surface area contributed by atoms with Crippen LogP contribution >= 0.6 is 0 Å². The minimum absolute atomic E-state index is 0.145. The van der Waals surface area contributed by atoms with Crippen LogP contribution < -0.4 is 11.1 Å².